The van der Waals surface area contributed by atoms with Crippen molar-refractivity contribution in [3.8, 4) is 0 Å². The summed E-state index contributed by atoms with van der Waals surface area (Å²) in [5.41, 5.74) is 8.72. The highest BCUT2D eigenvalue weighted by molar-refractivity contribution is 6.09. The number of hydrogen-bond acceptors (Lipinski definition) is 3. The van der Waals surface area contributed by atoms with Crippen LogP contribution < -0.4 is 10.6 Å². The highest BCUT2D eigenvalue weighted by atomic mass is 35.5. The van der Waals surface area contributed by atoms with Gasteiger partial charge in [-0.15, -0.1) is 12.4 Å². The Bertz CT molecular complexity index is 625. The maximum Gasteiger partial charge on any atom is 0.239 e. The number of aryl methyl sites for hydroxylation is 2. The molecule has 1 aliphatic heterocycles. The van der Waals surface area contributed by atoms with Crippen LogP contribution in [0.4, 0.5) is 5.69 Å². The minimum Gasteiger partial charge on any atom is -0.344 e. The molecule has 1 aromatic rings. The third-order valence-corrected chi connectivity index (χ3v) is 4.62. The molecule has 140 valence electrons. The van der Waals surface area contributed by atoms with Crippen LogP contribution >= 0.6 is 12.4 Å². The quantitative estimate of drug-likeness (QED) is 0.813. The molecule has 0 radical (unpaired) electrons. The number of carbonyl (C=O) groups excluding carboxylic acids is 2. The Kier molecular flexibility index (Phi) is 7.03. The Morgan fingerprint density at radius 2 is 1.84 bits per heavy atom. The lowest BCUT2D eigenvalue weighted by Crippen LogP contribution is -2.44. The van der Waals surface area contributed by atoms with Gasteiger partial charge in [0.05, 0.1) is 0 Å². The van der Waals surface area contributed by atoms with Crippen LogP contribution in [0.5, 0.6) is 0 Å². The summed E-state index contributed by atoms with van der Waals surface area (Å²) in [4.78, 5) is 28.9. The van der Waals surface area contributed by atoms with Gasteiger partial charge in [-0.05, 0) is 55.5 Å². The number of anilines is 1. The van der Waals surface area contributed by atoms with E-state index in [9.17, 15) is 9.59 Å². The van der Waals surface area contributed by atoms with Gasteiger partial charge in [0.15, 0.2) is 0 Å². The molecule has 1 aromatic carbocycles. The Morgan fingerprint density at radius 1 is 1.28 bits per heavy atom. The zero-order chi connectivity index (χ0) is 18.1. The molecule has 1 heterocycles. The van der Waals surface area contributed by atoms with E-state index >= 15 is 0 Å². The van der Waals surface area contributed by atoms with E-state index in [0.717, 1.165) is 16.8 Å². The number of benzene rings is 1. The van der Waals surface area contributed by atoms with Gasteiger partial charge in [-0.3, -0.25) is 9.59 Å². The molecule has 2 rings (SSSR count). The van der Waals surface area contributed by atoms with Gasteiger partial charge in [0.1, 0.15) is 5.92 Å². The number of nitrogens with zero attached hydrogens (tertiary/aromatic N) is 2. The van der Waals surface area contributed by atoms with Gasteiger partial charge in [0.2, 0.25) is 11.8 Å². The first kappa shape index (κ1) is 21.5. The van der Waals surface area contributed by atoms with E-state index in [1.54, 1.807) is 16.8 Å². The normalized spacial score (nSPS) is 17.4. The second kappa shape index (κ2) is 8.19. The Balaban J connectivity index is 0.00000312. The van der Waals surface area contributed by atoms with Crippen molar-refractivity contribution < 1.29 is 9.59 Å². The molecule has 0 bridgehead atoms. The smallest absolute Gasteiger partial charge is 0.239 e. The van der Waals surface area contributed by atoms with Crippen molar-refractivity contribution in [2.45, 2.75) is 34.1 Å². The van der Waals surface area contributed by atoms with Crippen LogP contribution in [0.2, 0.25) is 0 Å². The summed E-state index contributed by atoms with van der Waals surface area (Å²) in [7, 11) is 1.76. The number of halogens is 1. The average Bonchev–Trinajstić information content (AvgIpc) is 2.86. The number of carbonyl (C=O) groups is 2. The summed E-state index contributed by atoms with van der Waals surface area (Å²) in [5, 5.41) is 0. The predicted molar refractivity (Wildman–Crippen MR) is 104 cm³/mol. The Hall–Kier alpha value is -1.59. The van der Waals surface area contributed by atoms with E-state index in [-0.39, 0.29) is 29.6 Å². The highest BCUT2D eigenvalue weighted by Crippen LogP contribution is 2.28. The van der Waals surface area contributed by atoms with Gasteiger partial charge in [-0.2, -0.15) is 0 Å². The molecule has 6 heteroatoms. The van der Waals surface area contributed by atoms with E-state index in [0.29, 0.717) is 26.1 Å². The van der Waals surface area contributed by atoms with Crippen LogP contribution in [-0.4, -0.2) is 43.4 Å². The maximum atomic E-state index is 12.8. The number of amides is 2. The van der Waals surface area contributed by atoms with Gasteiger partial charge < -0.3 is 15.5 Å². The zero-order valence-electron chi connectivity index (χ0n) is 15.8. The maximum absolute atomic E-state index is 12.8. The van der Waals surface area contributed by atoms with Crippen molar-refractivity contribution in [3.05, 3.63) is 29.3 Å². The molecular formula is C19H30ClN3O2. The summed E-state index contributed by atoms with van der Waals surface area (Å²) in [6, 6.07) is 6.08. The van der Waals surface area contributed by atoms with Gasteiger partial charge in [0.25, 0.3) is 0 Å². The molecule has 0 spiro atoms. The Labute approximate surface area is 157 Å². The third kappa shape index (κ3) is 4.95. The fourth-order valence-electron chi connectivity index (χ4n) is 3.32. The van der Waals surface area contributed by atoms with Crippen molar-refractivity contribution in [2.24, 2.45) is 17.1 Å². The largest absolute Gasteiger partial charge is 0.344 e. The fraction of sp³-hybridized carbons (Fsp3) is 0.579. The number of hydrogen-bond donors (Lipinski definition) is 1. The van der Waals surface area contributed by atoms with Crippen LogP contribution in [0, 0.1) is 25.2 Å². The monoisotopic (exact) mass is 367 g/mol. The van der Waals surface area contributed by atoms with Crippen LogP contribution in [0.1, 0.15) is 31.4 Å². The molecule has 0 aliphatic carbocycles. The molecule has 5 nitrogen and oxygen atoms in total. The molecule has 1 fully saturated rings. The highest BCUT2D eigenvalue weighted by Gasteiger charge is 2.39. The topological polar surface area (TPSA) is 66.6 Å². The Morgan fingerprint density at radius 3 is 2.36 bits per heavy atom. The van der Waals surface area contributed by atoms with Crippen LogP contribution in [0.3, 0.4) is 0 Å². The van der Waals surface area contributed by atoms with Gasteiger partial charge in [-0.1, -0.05) is 19.9 Å². The van der Waals surface area contributed by atoms with Crippen LogP contribution in [-0.2, 0) is 9.59 Å². The van der Waals surface area contributed by atoms with E-state index in [2.05, 4.69) is 6.07 Å². The molecule has 1 atom stereocenters. The molecule has 0 saturated carbocycles. The second-order valence-electron chi connectivity index (χ2n) is 7.74. The summed E-state index contributed by atoms with van der Waals surface area (Å²) >= 11 is 0. The molecule has 1 saturated heterocycles. The summed E-state index contributed by atoms with van der Waals surface area (Å²) in [6.45, 7) is 9.72. The summed E-state index contributed by atoms with van der Waals surface area (Å²) in [6.07, 6.45) is 0.568. The fourth-order valence-corrected chi connectivity index (χ4v) is 3.32. The molecular weight excluding hydrogens is 338 g/mol. The summed E-state index contributed by atoms with van der Waals surface area (Å²) < 4.78 is 0. The first-order valence-corrected chi connectivity index (χ1v) is 8.49. The van der Waals surface area contributed by atoms with E-state index < -0.39 is 5.92 Å². The van der Waals surface area contributed by atoms with Crippen molar-refractivity contribution in [3.63, 3.8) is 0 Å². The van der Waals surface area contributed by atoms with Crippen molar-refractivity contribution in [1.29, 1.82) is 0 Å². The van der Waals surface area contributed by atoms with Crippen molar-refractivity contribution >= 4 is 29.9 Å². The zero-order valence-corrected chi connectivity index (χ0v) is 16.7. The first-order valence-electron chi connectivity index (χ1n) is 8.49. The lowest BCUT2D eigenvalue weighted by Gasteiger charge is -2.30. The van der Waals surface area contributed by atoms with Gasteiger partial charge in [-0.25, -0.2) is 0 Å². The molecule has 1 unspecified atom stereocenters. The standard InChI is InChI=1S/C19H29N3O2.ClH/c1-13-8-14(2)10-15(9-13)22-7-6-16(18(22)24)17(23)21(5)12-19(3,4)11-20;/h8-10,16H,6-7,11-12,20H2,1-5H3;1H. The summed E-state index contributed by atoms with van der Waals surface area (Å²) in [5.74, 6) is -0.778. The molecule has 2 amide bonds. The van der Waals surface area contributed by atoms with Gasteiger partial charge in [0, 0.05) is 25.8 Å². The molecule has 25 heavy (non-hydrogen) atoms. The lowest BCUT2D eigenvalue weighted by atomic mass is 9.92. The minimum atomic E-state index is -0.579. The van der Waals surface area contributed by atoms with Crippen molar-refractivity contribution in [2.75, 3.05) is 31.6 Å². The second-order valence-corrected chi connectivity index (χ2v) is 7.74. The average molecular weight is 368 g/mol. The van der Waals surface area contributed by atoms with E-state index in [1.165, 1.54) is 0 Å². The molecule has 0 aromatic heterocycles. The first-order chi connectivity index (χ1) is 11.1. The lowest BCUT2D eigenvalue weighted by molar-refractivity contribution is -0.139. The SMILES string of the molecule is Cc1cc(C)cc(N2CCC(C(=O)N(C)CC(C)(C)CN)C2=O)c1.Cl. The van der Waals surface area contributed by atoms with Crippen LogP contribution in [0.25, 0.3) is 0 Å². The van der Waals surface area contributed by atoms with E-state index in [1.807, 2.05) is 39.8 Å². The van der Waals surface area contributed by atoms with Gasteiger partial charge >= 0.3 is 0 Å². The van der Waals surface area contributed by atoms with Crippen molar-refractivity contribution in [1.82, 2.24) is 4.90 Å². The molecule has 1 aliphatic rings. The molecule has 2 N–H and O–H groups in total. The third-order valence-electron chi connectivity index (χ3n) is 4.62. The number of nitrogens with two attached hydrogens (primary N) is 1. The van der Waals surface area contributed by atoms with Crippen LogP contribution in [0.15, 0.2) is 18.2 Å². The van der Waals surface area contributed by atoms with E-state index in [4.69, 9.17) is 5.73 Å². The number of rotatable bonds is 5. The predicted octanol–water partition coefficient (Wildman–Crippen LogP) is 2.52. The minimum absolute atomic E-state index is 0.